The van der Waals surface area contributed by atoms with E-state index < -0.39 is 0 Å². The number of benzene rings is 3. The number of carbonyl (C=O) groups is 1. The van der Waals surface area contributed by atoms with Crippen LogP contribution in [-0.2, 0) is 13.0 Å². The number of rotatable bonds is 2. The lowest BCUT2D eigenvalue weighted by molar-refractivity contribution is 0.0735. The Kier molecular flexibility index (Phi) is 4.37. The molecule has 5 rings (SSSR count). The first-order valence-electron chi connectivity index (χ1n) is 10.1. The van der Waals surface area contributed by atoms with Crippen molar-refractivity contribution in [2.75, 3.05) is 6.54 Å². The number of aromatic amines is 1. The first-order valence-corrected chi connectivity index (χ1v) is 10.1. The highest BCUT2D eigenvalue weighted by Gasteiger charge is 2.25. The van der Waals surface area contributed by atoms with Gasteiger partial charge < -0.3 is 9.88 Å². The highest BCUT2D eigenvalue weighted by atomic mass is 16.2. The molecule has 0 aliphatic carbocycles. The van der Waals surface area contributed by atoms with Crippen molar-refractivity contribution in [2.24, 2.45) is 0 Å². The molecule has 0 fully saturated rings. The second-order valence-corrected chi connectivity index (χ2v) is 7.85. The first-order chi connectivity index (χ1) is 14.6. The van der Waals surface area contributed by atoms with Gasteiger partial charge in [-0.2, -0.15) is 0 Å². The SMILES string of the molecule is [C-]#[N+]c1ccc(-c2ccc3[nH]c4c(c3c2)CN(C(=O)c2cccc(C)c2)CC4)cc1. The number of hydrogen-bond donors (Lipinski definition) is 1. The van der Waals surface area contributed by atoms with Crippen LogP contribution in [0.1, 0.15) is 27.2 Å². The van der Waals surface area contributed by atoms with E-state index in [1.54, 1.807) is 0 Å². The summed E-state index contributed by atoms with van der Waals surface area (Å²) in [6.45, 7) is 10.5. The van der Waals surface area contributed by atoms with E-state index in [1.165, 1.54) is 16.6 Å². The highest BCUT2D eigenvalue weighted by molar-refractivity contribution is 5.95. The fourth-order valence-electron chi connectivity index (χ4n) is 4.26. The molecule has 4 nitrogen and oxygen atoms in total. The van der Waals surface area contributed by atoms with E-state index >= 15 is 0 Å². The number of amides is 1. The summed E-state index contributed by atoms with van der Waals surface area (Å²) in [7, 11) is 0. The zero-order valence-electron chi connectivity index (χ0n) is 16.8. The third kappa shape index (κ3) is 3.15. The molecule has 0 saturated carbocycles. The van der Waals surface area contributed by atoms with Crippen LogP contribution in [0, 0.1) is 13.5 Å². The molecular weight excluding hydrogens is 370 g/mol. The van der Waals surface area contributed by atoms with E-state index in [-0.39, 0.29) is 5.91 Å². The fourth-order valence-corrected chi connectivity index (χ4v) is 4.26. The van der Waals surface area contributed by atoms with E-state index in [9.17, 15) is 4.79 Å². The Morgan fingerprint density at radius 3 is 2.60 bits per heavy atom. The van der Waals surface area contributed by atoms with Gasteiger partial charge in [-0.3, -0.25) is 4.79 Å². The summed E-state index contributed by atoms with van der Waals surface area (Å²) in [5, 5.41) is 1.17. The standard InChI is InChI=1S/C26H21N3O/c1-17-4-3-5-20(14-17)26(30)29-13-12-25-23(16-29)22-15-19(8-11-24(22)28-25)18-6-9-21(27-2)10-7-18/h3-11,14-15,28H,12-13,16H2,1H3. The third-order valence-electron chi connectivity index (χ3n) is 5.86. The highest BCUT2D eigenvalue weighted by Crippen LogP contribution is 2.32. The summed E-state index contributed by atoms with van der Waals surface area (Å²) in [5.74, 6) is 0.0876. The minimum Gasteiger partial charge on any atom is -0.358 e. The van der Waals surface area contributed by atoms with Crippen molar-refractivity contribution in [2.45, 2.75) is 19.9 Å². The molecule has 1 aliphatic heterocycles. The Balaban J connectivity index is 1.49. The normalized spacial score (nSPS) is 13.1. The van der Waals surface area contributed by atoms with E-state index in [4.69, 9.17) is 6.57 Å². The van der Waals surface area contributed by atoms with Crippen molar-refractivity contribution in [1.29, 1.82) is 0 Å². The largest absolute Gasteiger partial charge is 0.358 e. The summed E-state index contributed by atoms with van der Waals surface area (Å²) in [6, 6.07) is 21.9. The lowest BCUT2D eigenvalue weighted by Crippen LogP contribution is -2.35. The van der Waals surface area contributed by atoms with Crippen LogP contribution in [0.4, 0.5) is 5.69 Å². The molecule has 30 heavy (non-hydrogen) atoms. The van der Waals surface area contributed by atoms with Gasteiger partial charge in [-0.25, -0.2) is 4.85 Å². The predicted octanol–water partition coefficient (Wildman–Crippen LogP) is 5.89. The number of hydrogen-bond acceptors (Lipinski definition) is 1. The molecule has 0 spiro atoms. The van der Waals surface area contributed by atoms with Gasteiger partial charge in [0, 0.05) is 47.2 Å². The van der Waals surface area contributed by atoms with Gasteiger partial charge in [0.2, 0.25) is 0 Å². The minimum absolute atomic E-state index is 0.0876. The van der Waals surface area contributed by atoms with Gasteiger partial charge in [0.15, 0.2) is 5.69 Å². The lowest BCUT2D eigenvalue weighted by Gasteiger charge is -2.27. The van der Waals surface area contributed by atoms with E-state index in [0.717, 1.165) is 40.7 Å². The van der Waals surface area contributed by atoms with Crippen LogP contribution in [-0.4, -0.2) is 22.3 Å². The molecule has 0 bridgehead atoms. The summed E-state index contributed by atoms with van der Waals surface area (Å²) in [4.78, 5) is 22.0. The number of H-pyrrole nitrogens is 1. The summed E-state index contributed by atoms with van der Waals surface area (Å²) < 4.78 is 0. The topological polar surface area (TPSA) is 40.5 Å². The molecule has 1 aliphatic rings. The van der Waals surface area contributed by atoms with Gasteiger partial charge >= 0.3 is 0 Å². The van der Waals surface area contributed by atoms with Gasteiger partial charge in [0.1, 0.15) is 0 Å². The molecule has 1 N–H and O–H groups in total. The van der Waals surface area contributed by atoms with Crippen molar-refractivity contribution < 1.29 is 4.79 Å². The van der Waals surface area contributed by atoms with Crippen LogP contribution >= 0.6 is 0 Å². The van der Waals surface area contributed by atoms with Crippen LogP contribution in [0.5, 0.6) is 0 Å². The van der Waals surface area contributed by atoms with Gasteiger partial charge in [-0.05, 0) is 42.3 Å². The molecule has 2 heterocycles. The quantitative estimate of drug-likeness (QED) is 0.425. The van der Waals surface area contributed by atoms with Gasteiger partial charge in [0.25, 0.3) is 5.91 Å². The molecule has 3 aromatic carbocycles. The Morgan fingerprint density at radius 1 is 1.03 bits per heavy atom. The van der Waals surface area contributed by atoms with Crippen LogP contribution in [0.25, 0.3) is 26.9 Å². The van der Waals surface area contributed by atoms with Crippen molar-refractivity contribution >= 4 is 22.5 Å². The Morgan fingerprint density at radius 2 is 1.83 bits per heavy atom. The molecule has 0 saturated heterocycles. The molecule has 4 heteroatoms. The average Bonchev–Trinajstić information content (AvgIpc) is 3.15. The Labute approximate surface area is 175 Å². The van der Waals surface area contributed by atoms with E-state index in [1.807, 2.05) is 60.4 Å². The number of nitrogens with one attached hydrogen (secondary N) is 1. The van der Waals surface area contributed by atoms with Crippen molar-refractivity contribution in [3.8, 4) is 11.1 Å². The van der Waals surface area contributed by atoms with Crippen LogP contribution < -0.4 is 0 Å². The Bertz CT molecular complexity index is 1310. The summed E-state index contributed by atoms with van der Waals surface area (Å²) in [5.41, 5.74) is 8.22. The fraction of sp³-hybridized carbons (Fsp3) is 0.154. The number of aryl methyl sites for hydroxylation is 1. The van der Waals surface area contributed by atoms with Crippen LogP contribution in [0.2, 0.25) is 0 Å². The lowest BCUT2D eigenvalue weighted by atomic mass is 9.99. The molecular formula is C26H21N3O. The minimum atomic E-state index is 0.0876. The van der Waals surface area contributed by atoms with Crippen LogP contribution in [0.3, 0.4) is 0 Å². The van der Waals surface area contributed by atoms with Gasteiger partial charge in [0.05, 0.1) is 6.57 Å². The summed E-state index contributed by atoms with van der Waals surface area (Å²) >= 11 is 0. The maximum atomic E-state index is 13.1. The molecule has 146 valence electrons. The van der Waals surface area contributed by atoms with E-state index in [0.29, 0.717) is 12.2 Å². The van der Waals surface area contributed by atoms with Crippen molar-refractivity contribution in [1.82, 2.24) is 9.88 Å². The Hall–Kier alpha value is -3.84. The third-order valence-corrected chi connectivity index (χ3v) is 5.86. The first kappa shape index (κ1) is 18.2. The van der Waals surface area contributed by atoms with Gasteiger partial charge in [-0.1, -0.05) is 48.0 Å². The molecule has 0 unspecified atom stereocenters. The summed E-state index contributed by atoms with van der Waals surface area (Å²) in [6.07, 6.45) is 0.830. The zero-order chi connectivity index (χ0) is 20.7. The van der Waals surface area contributed by atoms with Crippen LogP contribution in [0.15, 0.2) is 66.7 Å². The monoisotopic (exact) mass is 391 g/mol. The van der Waals surface area contributed by atoms with Gasteiger partial charge in [-0.15, -0.1) is 0 Å². The second-order valence-electron chi connectivity index (χ2n) is 7.85. The maximum Gasteiger partial charge on any atom is 0.254 e. The predicted molar refractivity (Wildman–Crippen MR) is 120 cm³/mol. The maximum absolute atomic E-state index is 13.1. The van der Waals surface area contributed by atoms with Crippen molar-refractivity contribution in [3.63, 3.8) is 0 Å². The second kappa shape index (κ2) is 7.20. The molecule has 0 atom stereocenters. The zero-order valence-corrected chi connectivity index (χ0v) is 16.8. The van der Waals surface area contributed by atoms with Crippen molar-refractivity contribution in [3.05, 3.63) is 101 Å². The smallest absolute Gasteiger partial charge is 0.254 e. The molecule has 4 aromatic rings. The average molecular weight is 391 g/mol. The molecule has 0 radical (unpaired) electrons. The molecule has 1 aromatic heterocycles. The number of fused-ring (bicyclic) bond motifs is 3. The number of nitrogens with zero attached hydrogens (tertiary/aromatic N) is 2. The number of aromatic nitrogens is 1. The van der Waals surface area contributed by atoms with E-state index in [2.05, 4.69) is 28.0 Å². The molecule has 1 amide bonds. The number of carbonyl (C=O) groups excluding carboxylic acids is 1.